The maximum atomic E-state index is 13.4. The molecule has 0 spiro atoms. The van der Waals surface area contributed by atoms with Crippen LogP contribution in [0.25, 0.3) is 16.9 Å². The third-order valence-electron chi connectivity index (χ3n) is 4.59. The van der Waals surface area contributed by atoms with Gasteiger partial charge in [0.05, 0.1) is 11.4 Å². The van der Waals surface area contributed by atoms with Crippen molar-refractivity contribution < 1.29 is 4.39 Å². The molecule has 1 heterocycles. The molecule has 0 unspecified atom stereocenters. The van der Waals surface area contributed by atoms with Gasteiger partial charge in [-0.05, 0) is 55.9 Å². The zero-order chi connectivity index (χ0) is 20.1. The quantitative estimate of drug-likeness (QED) is 0.630. The van der Waals surface area contributed by atoms with Crippen LogP contribution >= 0.6 is 0 Å². The van der Waals surface area contributed by atoms with E-state index in [2.05, 4.69) is 44.4 Å². The van der Waals surface area contributed by atoms with Crippen LogP contribution in [0.4, 0.5) is 4.39 Å². The maximum Gasteiger partial charge on any atom is 0.123 e. The van der Waals surface area contributed by atoms with Gasteiger partial charge in [-0.2, -0.15) is 5.10 Å². The van der Waals surface area contributed by atoms with E-state index in [-0.39, 0.29) is 11.2 Å². The van der Waals surface area contributed by atoms with Crippen LogP contribution in [0.1, 0.15) is 19.4 Å². The molecule has 3 rings (SSSR count). The van der Waals surface area contributed by atoms with E-state index in [1.807, 2.05) is 35.0 Å². The fraction of sp³-hybridized carbons (Fsp3) is 0.348. The van der Waals surface area contributed by atoms with Crippen molar-refractivity contribution in [3.63, 3.8) is 0 Å². The van der Waals surface area contributed by atoms with E-state index in [0.717, 1.165) is 35.6 Å². The molecule has 0 aliphatic rings. The van der Waals surface area contributed by atoms with Gasteiger partial charge >= 0.3 is 0 Å². The van der Waals surface area contributed by atoms with E-state index in [1.54, 1.807) is 12.1 Å². The number of rotatable bonds is 8. The van der Waals surface area contributed by atoms with Crippen LogP contribution in [0.3, 0.4) is 0 Å². The van der Waals surface area contributed by atoms with Gasteiger partial charge in [-0.15, -0.1) is 0 Å². The van der Waals surface area contributed by atoms with Crippen LogP contribution in [-0.4, -0.2) is 41.9 Å². The molecule has 2 aromatic carbocycles. The molecule has 5 heteroatoms. The van der Waals surface area contributed by atoms with Crippen LogP contribution in [-0.2, 0) is 6.54 Å². The summed E-state index contributed by atoms with van der Waals surface area (Å²) >= 11 is 0. The third-order valence-corrected chi connectivity index (χ3v) is 4.59. The lowest BCUT2D eigenvalue weighted by Gasteiger charge is -2.28. The zero-order valence-electron chi connectivity index (χ0n) is 17.1. The second-order valence-electron chi connectivity index (χ2n) is 8.30. The predicted octanol–water partition coefficient (Wildman–Crippen LogP) is 4.36. The van der Waals surface area contributed by atoms with Gasteiger partial charge in [0.2, 0.25) is 0 Å². The standard InChI is InChI=1S/C23H29FN4/c1-23(2,17-27(3)4)16-25-14-19-15-28(21-8-6-5-7-9-21)26-22(19)18-10-12-20(24)13-11-18/h5-13,15,25H,14,16-17H2,1-4H3. The summed E-state index contributed by atoms with van der Waals surface area (Å²) in [4.78, 5) is 2.21. The molecule has 0 aliphatic heterocycles. The van der Waals surface area contributed by atoms with Crippen molar-refractivity contribution in [3.8, 4) is 16.9 Å². The molecule has 4 nitrogen and oxygen atoms in total. The number of hydrogen-bond donors (Lipinski definition) is 1. The van der Waals surface area contributed by atoms with Crippen molar-refractivity contribution in [1.82, 2.24) is 20.0 Å². The van der Waals surface area contributed by atoms with Crippen LogP contribution in [0.5, 0.6) is 0 Å². The summed E-state index contributed by atoms with van der Waals surface area (Å²) in [6.45, 7) is 7.12. The van der Waals surface area contributed by atoms with Crippen molar-refractivity contribution in [1.29, 1.82) is 0 Å². The average Bonchev–Trinajstić information content (AvgIpc) is 3.06. The van der Waals surface area contributed by atoms with Crippen LogP contribution < -0.4 is 5.32 Å². The maximum absolute atomic E-state index is 13.4. The summed E-state index contributed by atoms with van der Waals surface area (Å²) in [5, 5.41) is 8.37. The van der Waals surface area contributed by atoms with Crippen molar-refractivity contribution in [2.24, 2.45) is 5.41 Å². The summed E-state index contributed by atoms with van der Waals surface area (Å²) < 4.78 is 15.3. The first-order valence-corrected chi connectivity index (χ1v) is 9.59. The second kappa shape index (κ2) is 8.67. The van der Waals surface area contributed by atoms with Crippen molar-refractivity contribution in [3.05, 3.63) is 72.2 Å². The number of nitrogens with one attached hydrogen (secondary N) is 1. The Labute approximate surface area is 167 Å². The first kappa shape index (κ1) is 20.2. The number of hydrogen-bond acceptors (Lipinski definition) is 3. The molecule has 148 valence electrons. The molecule has 1 aromatic heterocycles. The highest BCUT2D eigenvalue weighted by Gasteiger charge is 2.19. The molecule has 0 fully saturated rings. The molecule has 3 aromatic rings. The fourth-order valence-corrected chi connectivity index (χ4v) is 3.55. The van der Waals surface area contributed by atoms with E-state index in [0.29, 0.717) is 6.54 Å². The topological polar surface area (TPSA) is 33.1 Å². The molecule has 0 radical (unpaired) electrons. The fourth-order valence-electron chi connectivity index (χ4n) is 3.55. The summed E-state index contributed by atoms with van der Waals surface area (Å²) in [5.74, 6) is -0.239. The lowest BCUT2D eigenvalue weighted by Crippen LogP contribution is -2.37. The minimum atomic E-state index is -0.239. The van der Waals surface area contributed by atoms with Gasteiger partial charge in [0.25, 0.3) is 0 Å². The van der Waals surface area contributed by atoms with Gasteiger partial charge in [-0.3, -0.25) is 0 Å². The molecule has 0 saturated carbocycles. The monoisotopic (exact) mass is 380 g/mol. The zero-order valence-corrected chi connectivity index (χ0v) is 17.1. The Morgan fingerprint density at radius 3 is 2.36 bits per heavy atom. The Morgan fingerprint density at radius 1 is 1.04 bits per heavy atom. The summed E-state index contributed by atoms with van der Waals surface area (Å²) in [7, 11) is 4.19. The largest absolute Gasteiger partial charge is 0.312 e. The molecular weight excluding hydrogens is 351 g/mol. The smallest absolute Gasteiger partial charge is 0.123 e. The Hall–Kier alpha value is -2.50. The first-order valence-electron chi connectivity index (χ1n) is 9.59. The molecular formula is C23H29FN4. The molecule has 0 saturated heterocycles. The second-order valence-corrected chi connectivity index (χ2v) is 8.30. The van der Waals surface area contributed by atoms with Crippen molar-refractivity contribution in [2.45, 2.75) is 20.4 Å². The van der Waals surface area contributed by atoms with Gasteiger partial charge < -0.3 is 10.2 Å². The van der Waals surface area contributed by atoms with E-state index in [9.17, 15) is 4.39 Å². The van der Waals surface area contributed by atoms with Gasteiger partial charge in [0.15, 0.2) is 0 Å². The predicted molar refractivity (Wildman–Crippen MR) is 113 cm³/mol. The third kappa shape index (κ3) is 5.27. The van der Waals surface area contributed by atoms with Gasteiger partial charge in [-0.25, -0.2) is 9.07 Å². The van der Waals surface area contributed by atoms with Gasteiger partial charge in [-0.1, -0.05) is 32.0 Å². The Morgan fingerprint density at radius 2 is 1.71 bits per heavy atom. The average molecular weight is 381 g/mol. The summed E-state index contributed by atoms with van der Waals surface area (Å²) in [5.41, 5.74) is 4.05. The summed E-state index contributed by atoms with van der Waals surface area (Å²) in [6.07, 6.45) is 2.06. The minimum Gasteiger partial charge on any atom is -0.312 e. The number of halogens is 1. The Balaban J connectivity index is 1.84. The molecule has 0 aliphatic carbocycles. The highest BCUT2D eigenvalue weighted by atomic mass is 19.1. The number of benzene rings is 2. The highest BCUT2D eigenvalue weighted by Crippen LogP contribution is 2.24. The van der Waals surface area contributed by atoms with E-state index < -0.39 is 0 Å². The Kier molecular flexibility index (Phi) is 6.27. The van der Waals surface area contributed by atoms with Crippen LogP contribution in [0.2, 0.25) is 0 Å². The van der Waals surface area contributed by atoms with E-state index in [4.69, 9.17) is 5.10 Å². The highest BCUT2D eigenvalue weighted by molar-refractivity contribution is 5.63. The van der Waals surface area contributed by atoms with Gasteiger partial charge in [0.1, 0.15) is 5.82 Å². The van der Waals surface area contributed by atoms with Crippen molar-refractivity contribution in [2.75, 3.05) is 27.2 Å². The molecule has 1 N–H and O–H groups in total. The first-order chi connectivity index (χ1) is 13.3. The molecule has 28 heavy (non-hydrogen) atoms. The molecule has 0 bridgehead atoms. The SMILES string of the molecule is CN(C)CC(C)(C)CNCc1cn(-c2ccccc2)nc1-c1ccc(F)cc1. The van der Waals surface area contributed by atoms with E-state index in [1.165, 1.54) is 12.1 Å². The lowest BCUT2D eigenvalue weighted by atomic mass is 9.93. The number of aromatic nitrogens is 2. The summed E-state index contributed by atoms with van der Waals surface area (Å²) in [6, 6.07) is 16.6. The van der Waals surface area contributed by atoms with E-state index >= 15 is 0 Å². The van der Waals surface area contributed by atoms with Crippen LogP contribution in [0, 0.1) is 11.2 Å². The number of para-hydroxylation sites is 1. The number of nitrogens with zero attached hydrogens (tertiary/aromatic N) is 3. The van der Waals surface area contributed by atoms with Crippen LogP contribution in [0.15, 0.2) is 60.8 Å². The normalized spacial score (nSPS) is 11.9. The van der Waals surface area contributed by atoms with Crippen molar-refractivity contribution >= 4 is 0 Å². The molecule has 0 atom stereocenters. The Bertz CT molecular complexity index is 883. The molecule has 0 amide bonds. The van der Waals surface area contributed by atoms with Gasteiger partial charge in [0, 0.05) is 37.0 Å². The minimum absolute atomic E-state index is 0.162. The lowest BCUT2D eigenvalue weighted by molar-refractivity contribution is 0.232.